The lowest BCUT2D eigenvalue weighted by Crippen LogP contribution is -2.29. The van der Waals surface area contributed by atoms with Gasteiger partial charge in [0.1, 0.15) is 5.82 Å². The van der Waals surface area contributed by atoms with Crippen LogP contribution in [0.2, 0.25) is 0 Å². The summed E-state index contributed by atoms with van der Waals surface area (Å²) in [5.74, 6) is 0.393. The third-order valence-electron chi connectivity index (χ3n) is 4.84. The van der Waals surface area contributed by atoms with Gasteiger partial charge in [0.25, 0.3) is 5.91 Å². The van der Waals surface area contributed by atoms with Crippen molar-refractivity contribution in [2.24, 2.45) is 0 Å². The Kier molecular flexibility index (Phi) is 6.78. The van der Waals surface area contributed by atoms with Gasteiger partial charge in [0.15, 0.2) is 5.69 Å². The molecule has 9 heteroatoms. The quantitative estimate of drug-likeness (QED) is 0.661. The number of carbonyl (C=O) groups is 1. The zero-order valence-electron chi connectivity index (χ0n) is 15.5. The maximum absolute atomic E-state index is 12.6. The molecule has 0 atom stereocenters. The smallest absolute Gasteiger partial charge is 0.278 e. The minimum absolute atomic E-state index is 0. The Hall–Kier alpha value is -2.71. The van der Waals surface area contributed by atoms with E-state index in [4.69, 9.17) is 0 Å². The molecule has 1 aliphatic rings. The molecule has 0 aliphatic carbocycles. The molecular formula is C19H24ClN7O. The number of halogens is 1. The van der Waals surface area contributed by atoms with Crippen molar-refractivity contribution in [3.05, 3.63) is 60.0 Å². The van der Waals surface area contributed by atoms with E-state index >= 15 is 0 Å². The molecule has 3 heterocycles. The summed E-state index contributed by atoms with van der Waals surface area (Å²) in [7, 11) is 0. The number of nitrogens with zero attached hydrogens (tertiary/aromatic N) is 5. The predicted octanol–water partition coefficient (Wildman–Crippen LogP) is 2.32. The molecule has 1 aromatic carbocycles. The lowest BCUT2D eigenvalue weighted by atomic mass is 10.1. The molecular weight excluding hydrogens is 378 g/mol. The second kappa shape index (κ2) is 9.48. The summed E-state index contributed by atoms with van der Waals surface area (Å²) in [6.07, 6.45) is 6.26. The number of nitrogens with one attached hydrogen (secondary N) is 2. The summed E-state index contributed by atoms with van der Waals surface area (Å²) in [5.41, 5.74) is 1.56. The first kappa shape index (κ1) is 20.0. The fourth-order valence-electron chi connectivity index (χ4n) is 3.31. The van der Waals surface area contributed by atoms with Crippen molar-refractivity contribution in [3.63, 3.8) is 0 Å². The van der Waals surface area contributed by atoms with Gasteiger partial charge in [-0.05, 0) is 37.9 Å². The molecule has 1 fully saturated rings. The molecule has 2 N–H and O–H groups in total. The average Bonchev–Trinajstić information content (AvgIpc) is 3.38. The van der Waals surface area contributed by atoms with E-state index in [2.05, 4.69) is 38.2 Å². The maximum atomic E-state index is 12.6. The minimum Gasteiger partial charge on any atom is -0.317 e. The van der Waals surface area contributed by atoms with Crippen molar-refractivity contribution in [1.82, 2.24) is 30.1 Å². The van der Waals surface area contributed by atoms with Crippen LogP contribution in [0.1, 0.15) is 34.9 Å². The van der Waals surface area contributed by atoms with E-state index in [9.17, 15) is 4.79 Å². The monoisotopic (exact) mass is 401 g/mol. The standard InChI is InChI=1S/C19H23N7O.ClH/c27-19(17-14-26(24-23-17)16-6-10-20-11-7-16)22-18-8-12-21-25(18)13-9-15-4-2-1-3-5-15;/h1-5,8,12,14,16,20H,6-7,9-11,13H2,(H,22,27);1H. The van der Waals surface area contributed by atoms with Crippen LogP contribution >= 0.6 is 12.4 Å². The number of amides is 1. The van der Waals surface area contributed by atoms with Gasteiger partial charge in [-0.15, -0.1) is 17.5 Å². The molecule has 0 saturated carbocycles. The first-order valence-electron chi connectivity index (χ1n) is 9.29. The molecule has 1 amide bonds. The zero-order chi connectivity index (χ0) is 18.5. The molecule has 0 bridgehead atoms. The van der Waals surface area contributed by atoms with Crippen molar-refractivity contribution < 1.29 is 4.79 Å². The molecule has 1 aliphatic heterocycles. The highest BCUT2D eigenvalue weighted by atomic mass is 35.5. The fraction of sp³-hybridized carbons (Fsp3) is 0.368. The molecule has 0 unspecified atom stereocenters. The molecule has 8 nitrogen and oxygen atoms in total. The number of hydrogen-bond donors (Lipinski definition) is 2. The van der Waals surface area contributed by atoms with Crippen molar-refractivity contribution in [2.45, 2.75) is 31.8 Å². The average molecular weight is 402 g/mol. The molecule has 1 saturated heterocycles. The summed E-state index contributed by atoms with van der Waals surface area (Å²) < 4.78 is 3.60. The Labute approximate surface area is 169 Å². The Morgan fingerprint density at radius 3 is 2.75 bits per heavy atom. The highest BCUT2D eigenvalue weighted by Crippen LogP contribution is 2.17. The van der Waals surface area contributed by atoms with E-state index in [1.165, 1.54) is 5.56 Å². The van der Waals surface area contributed by atoms with Gasteiger partial charge < -0.3 is 10.6 Å². The molecule has 0 spiro atoms. The van der Waals surface area contributed by atoms with E-state index in [0.717, 1.165) is 32.4 Å². The number of piperidine rings is 1. The third kappa shape index (κ3) is 4.76. The number of aryl methyl sites for hydroxylation is 2. The van der Waals surface area contributed by atoms with Gasteiger partial charge in [-0.1, -0.05) is 35.5 Å². The van der Waals surface area contributed by atoms with Crippen LogP contribution in [0.15, 0.2) is 48.8 Å². The Bertz CT molecular complexity index is 887. The van der Waals surface area contributed by atoms with Crippen molar-refractivity contribution in [3.8, 4) is 0 Å². The van der Waals surface area contributed by atoms with E-state index in [-0.39, 0.29) is 18.3 Å². The Balaban J connectivity index is 0.00000225. The third-order valence-corrected chi connectivity index (χ3v) is 4.84. The highest BCUT2D eigenvalue weighted by Gasteiger charge is 2.19. The Morgan fingerprint density at radius 2 is 1.96 bits per heavy atom. The molecule has 2 aromatic heterocycles. The SMILES string of the molecule is Cl.O=C(Nc1ccnn1CCc1ccccc1)c1cn(C2CCNCC2)nn1. The van der Waals surface area contributed by atoms with Crippen LogP contribution in [-0.4, -0.2) is 43.8 Å². The summed E-state index contributed by atoms with van der Waals surface area (Å²) in [5, 5.41) is 18.7. The highest BCUT2D eigenvalue weighted by molar-refractivity contribution is 6.02. The summed E-state index contributed by atoms with van der Waals surface area (Å²) in [4.78, 5) is 12.6. The van der Waals surface area contributed by atoms with Gasteiger partial charge in [0.05, 0.1) is 18.4 Å². The number of rotatable bonds is 6. The van der Waals surface area contributed by atoms with Gasteiger partial charge in [0.2, 0.25) is 0 Å². The lowest BCUT2D eigenvalue weighted by Gasteiger charge is -2.22. The van der Waals surface area contributed by atoms with Crippen molar-refractivity contribution in [1.29, 1.82) is 0 Å². The topological polar surface area (TPSA) is 89.7 Å². The number of carbonyl (C=O) groups excluding carboxylic acids is 1. The molecule has 28 heavy (non-hydrogen) atoms. The molecule has 148 valence electrons. The van der Waals surface area contributed by atoms with Gasteiger partial charge in [0, 0.05) is 12.6 Å². The summed E-state index contributed by atoms with van der Waals surface area (Å²) >= 11 is 0. The van der Waals surface area contributed by atoms with Crippen LogP contribution in [0.4, 0.5) is 5.82 Å². The van der Waals surface area contributed by atoms with Gasteiger partial charge in [-0.2, -0.15) is 5.10 Å². The van der Waals surface area contributed by atoms with Crippen molar-refractivity contribution in [2.75, 3.05) is 18.4 Å². The van der Waals surface area contributed by atoms with Crippen LogP contribution in [0.3, 0.4) is 0 Å². The minimum atomic E-state index is -0.267. The molecule has 4 rings (SSSR count). The number of hydrogen-bond acceptors (Lipinski definition) is 5. The Morgan fingerprint density at radius 1 is 1.18 bits per heavy atom. The second-order valence-corrected chi connectivity index (χ2v) is 6.69. The predicted molar refractivity (Wildman–Crippen MR) is 109 cm³/mol. The lowest BCUT2D eigenvalue weighted by molar-refractivity contribution is 0.102. The van der Waals surface area contributed by atoms with E-state index in [0.29, 0.717) is 24.1 Å². The van der Waals surface area contributed by atoms with Crippen LogP contribution in [-0.2, 0) is 13.0 Å². The number of anilines is 1. The zero-order valence-corrected chi connectivity index (χ0v) is 16.3. The van der Waals surface area contributed by atoms with Crippen LogP contribution < -0.4 is 10.6 Å². The van der Waals surface area contributed by atoms with E-state index < -0.39 is 0 Å². The summed E-state index contributed by atoms with van der Waals surface area (Å²) in [6, 6.07) is 12.3. The van der Waals surface area contributed by atoms with Gasteiger partial charge in [-0.3, -0.25) is 4.79 Å². The number of benzene rings is 1. The first-order chi connectivity index (χ1) is 13.3. The van der Waals surface area contributed by atoms with E-state index in [1.54, 1.807) is 23.1 Å². The fourth-order valence-corrected chi connectivity index (χ4v) is 3.31. The second-order valence-electron chi connectivity index (χ2n) is 6.69. The number of aromatic nitrogens is 5. The first-order valence-corrected chi connectivity index (χ1v) is 9.29. The van der Waals surface area contributed by atoms with Gasteiger partial charge in [-0.25, -0.2) is 9.36 Å². The molecule has 3 aromatic rings. The molecule has 0 radical (unpaired) electrons. The van der Waals surface area contributed by atoms with Gasteiger partial charge >= 0.3 is 0 Å². The maximum Gasteiger partial charge on any atom is 0.278 e. The van der Waals surface area contributed by atoms with Crippen LogP contribution in [0, 0.1) is 0 Å². The van der Waals surface area contributed by atoms with Crippen LogP contribution in [0.5, 0.6) is 0 Å². The van der Waals surface area contributed by atoms with E-state index in [1.807, 2.05) is 22.9 Å². The van der Waals surface area contributed by atoms with Crippen molar-refractivity contribution >= 4 is 24.1 Å². The van der Waals surface area contributed by atoms with Crippen LogP contribution in [0.25, 0.3) is 0 Å². The largest absolute Gasteiger partial charge is 0.317 e. The normalized spacial score (nSPS) is 14.4. The summed E-state index contributed by atoms with van der Waals surface area (Å²) in [6.45, 7) is 2.62.